The highest BCUT2D eigenvalue weighted by atomic mass is 16.5. The molecule has 1 saturated heterocycles. The molecule has 2 atom stereocenters. The van der Waals surface area contributed by atoms with Crippen LogP contribution < -0.4 is 29.4 Å². The van der Waals surface area contributed by atoms with Crippen LogP contribution in [0, 0.1) is 0 Å². The largest absolute Gasteiger partial charge is 0.493 e. The molecular weight excluding hydrogens is 362 g/mol. The Labute approximate surface area is 165 Å². The minimum absolute atomic E-state index is 0.0898. The van der Waals surface area contributed by atoms with Crippen molar-refractivity contribution in [1.82, 2.24) is 0 Å². The van der Waals surface area contributed by atoms with Crippen LogP contribution in [0.4, 0.5) is 5.69 Å². The third kappa shape index (κ3) is 3.62. The van der Waals surface area contributed by atoms with Gasteiger partial charge in [0.15, 0.2) is 23.0 Å². The van der Waals surface area contributed by atoms with Crippen molar-refractivity contribution in [3.63, 3.8) is 0 Å². The van der Waals surface area contributed by atoms with E-state index in [0.29, 0.717) is 34.4 Å². The van der Waals surface area contributed by atoms with E-state index < -0.39 is 0 Å². The van der Waals surface area contributed by atoms with E-state index >= 15 is 0 Å². The van der Waals surface area contributed by atoms with Crippen molar-refractivity contribution in [2.45, 2.75) is 25.0 Å². The Bertz CT molecular complexity index is 813. The second-order valence-electron chi connectivity index (χ2n) is 6.50. The molecule has 1 fully saturated rings. The molecule has 0 amide bonds. The number of hydrogen-bond acceptors (Lipinski definition) is 7. The predicted molar refractivity (Wildman–Crippen MR) is 106 cm³/mol. The summed E-state index contributed by atoms with van der Waals surface area (Å²) in [5.41, 5.74) is 8.59. The van der Waals surface area contributed by atoms with Gasteiger partial charge in [0.25, 0.3) is 0 Å². The quantitative estimate of drug-likeness (QED) is 0.719. The van der Waals surface area contributed by atoms with Gasteiger partial charge in [-0.15, -0.1) is 0 Å². The first kappa shape index (κ1) is 19.9. The lowest BCUT2D eigenvalue weighted by Crippen LogP contribution is -2.04. The van der Waals surface area contributed by atoms with E-state index in [9.17, 15) is 0 Å². The zero-order valence-corrected chi connectivity index (χ0v) is 16.9. The lowest BCUT2D eigenvalue weighted by atomic mass is 10.0. The lowest BCUT2D eigenvalue weighted by molar-refractivity contribution is 0.0437. The molecule has 7 heteroatoms. The number of nitrogens with two attached hydrogens (primary N) is 1. The average Bonchev–Trinajstić information content (AvgIpc) is 3.22. The van der Waals surface area contributed by atoms with Crippen LogP contribution in [0.25, 0.3) is 0 Å². The topological polar surface area (TPSA) is 81.4 Å². The van der Waals surface area contributed by atoms with Gasteiger partial charge in [-0.05, 0) is 48.2 Å². The number of ether oxygens (including phenoxy) is 6. The van der Waals surface area contributed by atoms with E-state index in [-0.39, 0.29) is 12.2 Å². The Balaban J connectivity index is 1.87. The Morgan fingerprint density at radius 2 is 1.11 bits per heavy atom. The van der Waals surface area contributed by atoms with Crippen LogP contribution in [0.15, 0.2) is 24.3 Å². The first-order valence-electron chi connectivity index (χ1n) is 9.03. The smallest absolute Gasteiger partial charge is 0.203 e. The summed E-state index contributed by atoms with van der Waals surface area (Å²) >= 11 is 0. The fraction of sp³-hybridized carbons (Fsp3) is 0.429. The SMILES string of the molecule is COc1cc([C@H]2CC[C@H](c3cc(OC)c(OC)c(OC)c3)O2)cc(N)c1OC. The zero-order valence-electron chi connectivity index (χ0n) is 16.9. The number of methoxy groups -OCH3 is 5. The van der Waals surface area contributed by atoms with Crippen LogP contribution in [0.1, 0.15) is 36.2 Å². The van der Waals surface area contributed by atoms with E-state index in [1.54, 1.807) is 35.5 Å². The molecule has 1 aliphatic heterocycles. The summed E-state index contributed by atoms with van der Waals surface area (Å²) in [6.45, 7) is 0. The Kier molecular flexibility index (Phi) is 6.04. The predicted octanol–water partition coefficient (Wildman–Crippen LogP) is 3.90. The van der Waals surface area contributed by atoms with E-state index in [4.69, 9.17) is 34.2 Å². The standard InChI is InChI=1S/C21H27NO6/c1-23-17-9-12(8-14(22)20(17)26-4)15-6-7-16(28-15)13-10-18(24-2)21(27-5)19(11-13)25-3/h8-11,15-16H,6-7,22H2,1-5H3/t15-,16-/m1/s1. The Hall–Kier alpha value is -2.80. The maximum atomic E-state index is 6.33. The maximum absolute atomic E-state index is 6.33. The number of hydrogen-bond donors (Lipinski definition) is 1. The second kappa shape index (κ2) is 8.48. The molecule has 0 bridgehead atoms. The molecule has 7 nitrogen and oxygen atoms in total. The van der Waals surface area contributed by atoms with Crippen LogP contribution in [-0.2, 0) is 4.74 Å². The third-order valence-corrected chi connectivity index (χ3v) is 4.98. The minimum atomic E-state index is -0.0915. The van der Waals surface area contributed by atoms with Gasteiger partial charge in [-0.25, -0.2) is 0 Å². The summed E-state index contributed by atoms with van der Waals surface area (Å²) in [7, 11) is 7.96. The van der Waals surface area contributed by atoms with Crippen molar-refractivity contribution in [1.29, 1.82) is 0 Å². The van der Waals surface area contributed by atoms with E-state index in [1.165, 1.54) is 0 Å². The van der Waals surface area contributed by atoms with Gasteiger partial charge in [-0.1, -0.05) is 0 Å². The monoisotopic (exact) mass is 389 g/mol. The average molecular weight is 389 g/mol. The van der Waals surface area contributed by atoms with E-state index in [1.807, 2.05) is 24.3 Å². The van der Waals surface area contributed by atoms with E-state index in [2.05, 4.69) is 0 Å². The first-order valence-corrected chi connectivity index (χ1v) is 9.03. The molecule has 2 N–H and O–H groups in total. The van der Waals surface area contributed by atoms with Crippen molar-refractivity contribution in [3.8, 4) is 28.7 Å². The third-order valence-electron chi connectivity index (χ3n) is 4.98. The van der Waals surface area contributed by atoms with Crippen molar-refractivity contribution in [2.24, 2.45) is 0 Å². The second-order valence-corrected chi connectivity index (χ2v) is 6.50. The number of anilines is 1. The van der Waals surface area contributed by atoms with Gasteiger partial charge in [0.05, 0.1) is 53.4 Å². The van der Waals surface area contributed by atoms with E-state index in [0.717, 1.165) is 24.0 Å². The molecule has 1 heterocycles. The summed E-state index contributed by atoms with van der Waals surface area (Å²) in [6.07, 6.45) is 1.53. The summed E-state index contributed by atoms with van der Waals surface area (Å²) in [4.78, 5) is 0. The van der Waals surface area contributed by atoms with Crippen molar-refractivity contribution in [3.05, 3.63) is 35.4 Å². The van der Waals surface area contributed by atoms with Gasteiger partial charge in [0.2, 0.25) is 5.75 Å². The highest BCUT2D eigenvalue weighted by Crippen LogP contribution is 2.47. The summed E-state index contributed by atoms with van der Waals surface area (Å²) in [5.74, 6) is 2.91. The molecule has 0 aliphatic carbocycles. The Morgan fingerprint density at radius 1 is 0.679 bits per heavy atom. The molecule has 152 valence electrons. The van der Waals surface area contributed by atoms with Crippen LogP contribution >= 0.6 is 0 Å². The van der Waals surface area contributed by atoms with Gasteiger partial charge in [-0.2, -0.15) is 0 Å². The van der Waals surface area contributed by atoms with Crippen LogP contribution in [0.5, 0.6) is 28.7 Å². The van der Waals surface area contributed by atoms with Crippen LogP contribution in [0.2, 0.25) is 0 Å². The van der Waals surface area contributed by atoms with Gasteiger partial charge in [0, 0.05) is 0 Å². The molecule has 2 aromatic carbocycles. The van der Waals surface area contributed by atoms with Crippen LogP contribution in [0.3, 0.4) is 0 Å². The molecule has 0 aromatic heterocycles. The normalized spacial score (nSPS) is 18.6. The molecule has 3 rings (SSSR count). The fourth-order valence-electron chi connectivity index (χ4n) is 3.62. The van der Waals surface area contributed by atoms with Crippen LogP contribution in [-0.4, -0.2) is 35.5 Å². The van der Waals surface area contributed by atoms with Crippen molar-refractivity contribution in [2.75, 3.05) is 41.3 Å². The number of benzene rings is 2. The fourth-order valence-corrected chi connectivity index (χ4v) is 3.62. The molecule has 0 radical (unpaired) electrons. The molecule has 28 heavy (non-hydrogen) atoms. The van der Waals surface area contributed by atoms with Gasteiger partial charge in [0.1, 0.15) is 0 Å². The summed E-state index contributed by atoms with van der Waals surface area (Å²) < 4.78 is 33.4. The van der Waals surface area contributed by atoms with Gasteiger partial charge < -0.3 is 34.2 Å². The highest BCUT2D eigenvalue weighted by Gasteiger charge is 2.30. The molecule has 2 aromatic rings. The zero-order chi connectivity index (χ0) is 20.3. The van der Waals surface area contributed by atoms with Gasteiger partial charge in [-0.3, -0.25) is 0 Å². The Morgan fingerprint density at radius 3 is 1.54 bits per heavy atom. The highest BCUT2D eigenvalue weighted by molar-refractivity contribution is 5.62. The maximum Gasteiger partial charge on any atom is 0.203 e. The van der Waals surface area contributed by atoms with Crippen molar-refractivity contribution < 1.29 is 28.4 Å². The van der Waals surface area contributed by atoms with Gasteiger partial charge >= 0.3 is 0 Å². The lowest BCUT2D eigenvalue weighted by Gasteiger charge is -2.19. The number of rotatable bonds is 7. The molecule has 0 unspecified atom stereocenters. The number of nitrogen functional groups attached to an aromatic ring is 1. The molecule has 0 spiro atoms. The minimum Gasteiger partial charge on any atom is -0.493 e. The van der Waals surface area contributed by atoms with Crippen molar-refractivity contribution >= 4 is 5.69 Å². The summed E-state index contributed by atoms with van der Waals surface area (Å²) in [6, 6.07) is 7.65. The molecule has 1 aliphatic rings. The molecular formula is C21H27NO6. The summed E-state index contributed by atoms with van der Waals surface area (Å²) in [5, 5.41) is 0. The molecule has 0 saturated carbocycles. The first-order chi connectivity index (χ1) is 13.6.